The lowest BCUT2D eigenvalue weighted by Crippen LogP contribution is -2.48. The molecule has 0 saturated carbocycles. The summed E-state index contributed by atoms with van der Waals surface area (Å²) in [6, 6.07) is 3.94. The second-order valence-electron chi connectivity index (χ2n) is 4.26. The third kappa shape index (κ3) is 3.65. The summed E-state index contributed by atoms with van der Waals surface area (Å²) in [5.41, 5.74) is 0. The first-order valence-electron chi connectivity index (χ1n) is 5.94. The van der Waals surface area contributed by atoms with E-state index in [1.54, 1.807) is 17.4 Å². The highest BCUT2D eigenvalue weighted by Gasteiger charge is 2.27. The molecule has 1 unspecified atom stereocenters. The second kappa shape index (κ2) is 5.99. The molecule has 1 N–H and O–H groups in total. The van der Waals surface area contributed by atoms with E-state index in [2.05, 4.69) is 0 Å². The van der Waals surface area contributed by atoms with E-state index in [-0.39, 0.29) is 19.1 Å². The van der Waals surface area contributed by atoms with Crippen molar-refractivity contribution in [3.63, 3.8) is 0 Å². The highest BCUT2D eigenvalue weighted by Crippen LogP contribution is 2.16. The molecule has 0 radical (unpaired) electrons. The topological polar surface area (TPSA) is 66.8 Å². The molecule has 0 spiro atoms. The van der Waals surface area contributed by atoms with Crippen LogP contribution in [0.4, 0.5) is 0 Å². The zero-order valence-electron chi connectivity index (χ0n) is 10.5. The summed E-state index contributed by atoms with van der Waals surface area (Å²) in [5.74, 6) is -1.21. The molecule has 6 heteroatoms. The van der Waals surface area contributed by atoms with Gasteiger partial charge in [-0.05, 0) is 25.1 Å². The molecule has 1 fully saturated rings. The third-order valence-electron chi connectivity index (χ3n) is 2.80. The van der Waals surface area contributed by atoms with Gasteiger partial charge in [-0.25, -0.2) is 4.79 Å². The van der Waals surface area contributed by atoms with Gasteiger partial charge >= 0.3 is 5.97 Å². The molecule has 5 nitrogen and oxygen atoms in total. The van der Waals surface area contributed by atoms with E-state index in [0.29, 0.717) is 6.54 Å². The fourth-order valence-electron chi connectivity index (χ4n) is 1.80. The Kier molecular flexibility index (Phi) is 4.34. The van der Waals surface area contributed by atoms with Crippen LogP contribution >= 0.6 is 11.3 Å². The van der Waals surface area contributed by atoms with Gasteiger partial charge in [0.25, 0.3) is 0 Å². The van der Waals surface area contributed by atoms with Crippen LogP contribution in [0.5, 0.6) is 0 Å². The van der Waals surface area contributed by atoms with E-state index >= 15 is 0 Å². The standard InChI is InChI=1S/C13H15NO4S/c1-9-2-3-10(19-9)4-5-12(15)14-6-7-18-11(8-14)13(16)17/h2-5,11H,6-8H2,1H3,(H,16,17). The maximum Gasteiger partial charge on any atom is 0.334 e. The number of hydrogen-bond donors (Lipinski definition) is 1. The molecule has 1 aliphatic heterocycles. The predicted molar refractivity (Wildman–Crippen MR) is 72.0 cm³/mol. The zero-order chi connectivity index (χ0) is 13.8. The zero-order valence-corrected chi connectivity index (χ0v) is 11.4. The summed E-state index contributed by atoms with van der Waals surface area (Å²) in [4.78, 5) is 26.5. The number of carbonyl (C=O) groups excluding carboxylic acids is 1. The van der Waals surface area contributed by atoms with E-state index in [4.69, 9.17) is 9.84 Å². The van der Waals surface area contributed by atoms with Gasteiger partial charge in [-0.15, -0.1) is 11.3 Å². The molecule has 1 aliphatic rings. The lowest BCUT2D eigenvalue weighted by molar-refractivity contribution is -0.158. The summed E-state index contributed by atoms with van der Waals surface area (Å²) < 4.78 is 5.07. The average molecular weight is 281 g/mol. The maximum absolute atomic E-state index is 11.9. The molecule has 0 bridgehead atoms. The molecule has 1 saturated heterocycles. The van der Waals surface area contributed by atoms with Crippen molar-refractivity contribution >= 4 is 29.3 Å². The van der Waals surface area contributed by atoms with E-state index in [1.165, 1.54) is 15.9 Å². The van der Waals surface area contributed by atoms with Gasteiger partial charge < -0.3 is 14.7 Å². The summed E-state index contributed by atoms with van der Waals surface area (Å²) >= 11 is 1.61. The van der Waals surface area contributed by atoms with Crippen LogP contribution in [0.15, 0.2) is 18.2 Å². The number of amides is 1. The van der Waals surface area contributed by atoms with Crippen molar-refractivity contribution in [2.45, 2.75) is 13.0 Å². The van der Waals surface area contributed by atoms with Crippen molar-refractivity contribution in [3.05, 3.63) is 28.0 Å². The number of rotatable bonds is 3. The fourth-order valence-corrected chi connectivity index (χ4v) is 2.58. The van der Waals surface area contributed by atoms with Crippen molar-refractivity contribution < 1.29 is 19.4 Å². The van der Waals surface area contributed by atoms with Gasteiger partial charge in [0, 0.05) is 22.4 Å². The van der Waals surface area contributed by atoms with Crippen LogP contribution in [-0.4, -0.2) is 47.7 Å². The lowest BCUT2D eigenvalue weighted by Gasteiger charge is -2.30. The van der Waals surface area contributed by atoms with Crippen molar-refractivity contribution in [2.24, 2.45) is 0 Å². The number of morpholine rings is 1. The van der Waals surface area contributed by atoms with E-state index in [1.807, 2.05) is 19.1 Å². The smallest absolute Gasteiger partial charge is 0.334 e. The number of ether oxygens (including phenoxy) is 1. The van der Waals surface area contributed by atoms with Crippen LogP contribution in [0, 0.1) is 6.92 Å². The molecule has 2 heterocycles. The lowest BCUT2D eigenvalue weighted by atomic mass is 10.2. The minimum atomic E-state index is -1.03. The van der Waals surface area contributed by atoms with Gasteiger partial charge in [0.2, 0.25) is 5.91 Å². The molecular weight excluding hydrogens is 266 g/mol. The molecule has 102 valence electrons. The number of aryl methyl sites for hydroxylation is 1. The highest BCUT2D eigenvalue weighted by atomic mass is 32.1. The predicted octanol–water partition coefficient (Wildman–Crippen LogP) is 1.38. The summed E-state index contributed by atoms with van der Waals surface area (Å²) in [6.45, 7) is 2.79. The molecular formula is C13H15NO4S. The Morgan fingerprint density at radius 1 is 1.53 bits per heavy atom. The number of carbonyl (C=O) groups is 2. The first-order valence-corrected chi connectivity index (χ1v) is 6.76. The van der Waals surface area contributed by atoms with Gasteiger partial charge in [-0.2, -0.15) is 0 Å². The molecule has 1 aromatic rings. The van der Waals surface area contributed by atoms with Crippen molar-refractivity contribution in [1.29, 1.82) is 0 Å². The van der Waals surface area contributed by atoms with Crippen molar-refractivity contribution in [1.82, 2.24) is 4.90 Å². The van der Waals surface area contributed by atoms with Crippen LogP contribution in [0.3, 0.4) is 0 Å². The van der Waals surface area contributed by atoms with Gasteiger partial charge in [0.15, 0.2) is 6.10 Å². The normalized spacial score (nSPS) is 19.8. The van der Waals surface area contributed by atoms with Crippen molar-refractivity contribution in [2.75, 3.05) is 19.7 Å². The largest absolute Gasteiger partial charge is 0.479 e. The minimum absolute atomic E-state index is 0.0992. The first kappa shape index (κ1) is 13.8. The van der Waals surface area contributed by atoms with E-state index < -0.39 is 12.1 Å². The van der Waals surface area contributed by atoms with Crippen LogP contribution < -0.4 is 0 Å². The van der Waals surface area contributed by atoms with Crippen LogP contribution in [0.2, 0.25) is 0 Å². The Bertz CT molecular complexity index is 508. The van der Waals surface area contributed by atoms with Crippen LogP contribution in [0.25, 0.3) is 6.08 Å². The number of aliphatic carboxylic acids is 1. The van der Waals surface area contributed by atoms with E-state index in [9.17, 15) is 9.59 Å². The van der Waals surface area contributed by atoms with Gasteiger partial charge in [-0.3, -0.25) is 4.79 Å². The van der Waals surface area contributed by atoms with Gasteiger partial charge in [0.1, 0.15) is 0 Å². The Morgan fingerprint density at radius 3 is 2.95 bits per heavy atom. The van der Waals surface area contributed by atoms with Crippen molar-refractivity contribution in [3.8, 4) is 0 Å². The van der Waals surface area contributed by atoms with Crippen LogP contribution in [-0.2, 0) is 14.3 Å². The first-order chi connectivity index (χ1) is 9.06. The quantitative estimate of drug-likeness (QED) is 0.850. The number of carboxylic acid groups (broad SMARTS) is 1. The maximum atomic E-state index is 11.9. The molecule has 0 aliphatic carbocycles. The molecule has 0 aromatic carbocycles. The Hall–Kier alpha value is -1.66. The third-order valence-corrected chi connectivity index (χ3v) is 3.77. The molecule has 1 atom stereocenters. The van der Waals surface area contributed by atoms with E-state index in [0.717, 1.165) is 4.88 Å². The average Bonchev–Trinajstić information content (AvgIpc) is 2.82. The fraction of sp³-hybridized carbons (Fsp3) is 0.385. The Labute approximate surface area is 115 Å². The molecule has 19 heavy (non-hydrogen) atoms. The number of hydrogen-bond acceptors (Lipinski definition) is 4. The summed E-state index contributed by atoms with van der Waals surface area (Å²) in [7, 11) is 0. The number of thiophene rings is 1. The summed E-state index contributed by atoms with van der Waals surface area (Å²) in [5, 5.41) is 8.87. The monoisotopic (exact) mass is 281 g/mol. The number of carboxylic acids is 1. The Morgan fingerprint density at radius 2 is 2.32 bits per heavy atom. The molecule has 1 aromatic heterocycles. The Balaban J connectivity index is 1.96. The second-order valence-corrected chi connectivity index (χ2v) is 5.58. The minimum Gasteiger partial charge on any atom is -0.479 e. The van der Waals surface area contributed by atoms with Gasteiger partial charge in [-0.1, -0.05) is 0 Å². The number of nitrogens with zero attached hydrogens (tertiary/aromatic N) is 1. The molecule has 2 rings (SSSR count). The molecule has 1 amide bonds. The van der Waals surface area contributed by atoms with Crippen LogP contribution in [0.1, 0.15) is 9.75 Å². The van der Waals surface area contributed by atoms with Gasteiger partial charge in [0.05, 0.1) is 13.2 Å². The highest BCUT2D eigenvalue weighted by molar-refractivity contribution is 7.12. The summed E-state index contributed by atoms with van der Waals surface area (Å²) in [6.07, 6.45) is 2.32. The SMILES string of the molecule is Cc1ccc(C=CC(=O)N2CCOC(C(=O)O)C2)s1.